The number of thiophene rings is 1. The second-order valence-corrected chi connectivity index (χ2v) is 8.46. The third-order valence-corrected chi connectivity index (χ3v) is 6.46. The molecule has 2 aromatic rings. The summed E-state index contributed by atoms with van der Waals surface area (Å²) < 4.78 is 0. The van der Waals surface area contributed by atoms with E-state index in [1.54, 1.807) is 11.3 Å². The summed E-state index contributed by atoms with van der Waals surface area (Å²) >= 11 is 1.62. The van der Waals surface area contributed by atoms with Crippen LogP contribution in [-0.2, 0) is 4.79 Å². The lowest BCUT2D eigenvalue weighted by Crippen LogP contribution is -2.51. The molecule has 2 aliphatic heterocycles. The van der Waals surface area contributed by atoms with Crippen molar-refractivity contribution >= 4 is 23.2 Å². The quantitative estimate of drug-likeness (QED) is 0.853. The number of likely N-dealkylation sites (tertiary alicyclic amines) is 1. The van der Waals surface area contributed by atoms with Gasteiger partial charge in [0.05, 0.1) is 17.1 Å². The first-order chi connectivity index (χ1) is 13.7. The molecule has 0 radical (unpaired) electrons. The lowest BCUT2D eigenvalue weighted by molar-refractivity contribution is -0.132. The number of hydrogen-bond acceptors (Lipinski definition) is 5. The summed E-state index contributed by atoms with van der Waals surface area (Å²) in [7, 11) is 0. The number of nitrogens with zero attached hydrogens (tertiary/aromatic N) is 4. The first-order valence-corrected chi connectivity index (χ1v) is 11.0. The van der Waals surface area contributed by atoms with Crippen LogP contribution < -0.4 is 0 Å². The Bertz CT molecular complexity index is 787. The van der Waals surface area contributed by atoms with Crippen molar-refractivity contribution in [2.75, 3.05) is 45.8 Å². The highest BCUT2D eigenvalue weighted by Crippen LogP contribution is 2.23. The second kappa shape index (κ2) is 8.87. The fourth-order valence-electron chi connectivity index (χ4n) is 3.87. The molecule has 0 aliphatic carbocycles. The summed E-state index contributed by atoms with van der Waals surface area (Å²) in [6, 6.07) is 5.81. The van der Waals surface area contributed by atoms with Gasteiger partial charge in [-0.2, -0.15) is 5.10 Å². The number of piperazine rings is 1. The molecule has 0 saturated carbocycles. The third-order valence-electron chi connectivity index (χ3n) is 5.56. The van der Waals surface area contributed by atoms with E-state index < -0.39 is 0 Å². The fraction of sp³-hybridized carbons (Fsp3) is 0.550. The minimum absolute atomic E-state index is 0.0439. The molecule has 2 amide bonds. The van der Waals surface area contributed by atoms with Crippen LogP contribution in [0, 0.1) is 0 Å². The molecule has 4 heterocycles. The summed E-state index contributed by atoms with van der Waals surface area (Å²) in [5, 5.41) is 9.16. The molecule has 1 N–H and O–H groups in total. The van der Waals surface area contributed by atoms with E-state index in [4.69, 9.17) is 0 Å². The zero-order chi connectivity index (χ0) is 19.3. The summed E-state index contributed by atoms with van der Waals surface area (Å²) in [6.45, 7) is 4.97. The molecule has 4 rings (SSSR count). The highest BCUT2D eigenvalue weighted by atomic mass is 32.1. The van der Waals surface area contributed by atoms with Crippen molar-refractivity contribution in [2.24, 2.45) is 0 Å². The largest absolute Gasteiger partial charge is 0.342 e. The van der Waals surface area contributed by atoms with E-state index in [2.05, 4.69) is 15.1 Å². The Labute approximate surface area is 169 Å². The molecule has 0 aromatic carbocycles. The molecule has 150 valence electrons. The van der Waals surface area contributed by atoms with Gasteiger partial charge in [0.25, 0.3) is 5.91 Å². The smallest absolute Gasteiger partial charge is 0.274 e. The monoisotopic (exact) mass is 401 g/mol. The Morgan fingerprint density at radius 1 is 1.00 bits per heavy atom. The van der Waals surface area contributed by atoms with Crippen molar-refractivity contribution in [1.82, 2.24) is 24.9 Å². The standard InChI is InChI=1S/C20H27N5O2S/c26-19(24-7-3-1-2-4-8-24)15-23-9-11-25(12-10-23)20(27)17-14-16(21-22-17)18-6-5-13-28-18/h5-6,13-14H,1-4,7-12,15H2,(H,21,22). The van der Waals surface area contributed by atoms with Crippen LogP contribution in [0.2, 0.25) is 0 Å². The molecule has 2 saturated heterocycles. The number of carbonyl (C=O) groups excluding carboxylic acids is 2. The Balaban J connectivity index is 1.28. The summed E-state index contributed by atoms with van der Waals surface area (Å²) in [4.78, 5) is 32.4. The first kappa shape index (κ1) is 19.1. The van der Waals surface area contributed by atoms with E-state index in [0.717, 1.165) is 49.6 Å². The molecule has 0 spiro atoms. The molecule has 0 unspecified atom stereocenters. The SMILES string of the molecule is O=C(CN1CCN(C(=O)c2cc(-c3cccs3)[nH]n2)CC1)N1CCCCCC1. The van der Waals surface area contributed by atoms with Crippen molar-refractivity contribution in [1.29, 1.82) is 0 Å². The van der Waals surface area contributed by atoms with E-state index in [1.165, 1.54) is 12.8 Å². The first-order valence-electron chi connectivity index (χ1n) is 10.1. The van der Waals surface area contributed by atoms with E-state index in [-0.39, 0.29) is 11.8 Å². The van der Waals surface area contributed by atoms with Crippen LogP contribution in [0.5, 0.6) is 0 Å². The van der Waals surface area contributed by atoms with Gasteiger partial charge in [-0.3, -0.25) is 19.6 Å². The molecule has 8 heteroatoms. The second-order valence-electron chi connectivity index (χ2n) is 7.51. The van der Waals surface area contributed by atoms with E-state index in [0.29, 0.717) is 25.3 Å². The van der Waals surface area contributed by atoms with Gasteiger partial charge in [-0.15, -0.1) is 11.3 Å². The molecule has 2 aromatic heterocycles. The number of H-pyrrole nitrogens is 1. The zero-order valence-electron chi connectivity index (χ0n) is 16.1. The van der Waals surface area contributed by atoms with Gasteiger partial charge in [0.2, 0.25) is 5.91 Å². The summed E-state index contributed by atoms with van der Waals surface area (Å²) in [5.74, 6) is 0.187. The molecule has 0 bridgehead atoms. The van der Waals surface area contributed by atoms with Crippen molar-refractivity contribution in [2.45, 2.75) is 25.7 Å². The van der Waals surface area contributed by atoms with E-state index >= 15 is 0 Å². The number of rotatable bonds is 4. The van der Waals surface area contributed by atoms with Gasteiger partial charge in [-0.1, -0.05) is 18.9 Å². The Morgan fingerprint density at radius 3 is 2.43 bits per heavy atom. The van der Waals surface area contributed by atoms with Crippen molar-refractivity contribution in [3.8, 4) is 10.6 Å². The van der Waals surface area contributed by atoms with Gasteiger partial charge >= 0.3 is 0 Å². The maximum absolute atomic E-state index is 12.8. The van der Waals surface area contributed by atoms with Crippen LogP contribution in [-0.4, -0.2) is 82.5 Å². The van der Waals surface area contributed by atoms with E-state index in [9.17, 15) is 9.59 Å². The van der Waals surface area contributed by atoms with Gasteiger partial charge in [0.1, 0.15) is 0 Å². The Hall–Kier alpha value is -2.19. The minimum Gasteiger partial charge on any atom is -0.342 e. The normalized spacial score (nSPS) is 18.9. The molecular weight excluding hydrogens is 374 g/mol. The van der Waals surface area contributed by atoms with Crippen LogP contribution in [0.3, 0.4) is 0 Å². The predicted octanol–water partition coefficient (Wildman–Crippen LogP) is 2.30. The predicted molar refractivity (Wildman–Crippen MR) is 109 cm³/mol. The lowest BCUT2D eigenvalue weighted by atomic mass is 10.2. The average molecular weight is 402 g/mol. The van der Waals surface area contributed by atoms with Crippen molar-refractivity contribution in [3.63, 3.8) is 0 Å². The highest BCUT2D eigenvalue weighted by Gasteiger charge is 2.26. The van der Waals surface area contributed by atoms with E-state index in [1.807, 2.05) is 33.4 Å². The molecule has 0 atom stereocenters. The molecular formula is C20H27N5O2S. The number of nitrogens with one attached hydrogen (secondary N) is 1. The molecule has 2 fully saturated rings. The number of amides is 2. The third kappa shape index (κ3) is 4.44. The van der Waals surface area contributed by atoms with Crippen LogP contribution in [0.1, 0.15) is 36.2 Å². The van der Waals surface area contributed by atoms with Gasteiger partial charge in [0.15, 0.2) is 5.69 Å². The summed E-state index contributed by atoms with van der Waals surface area (Å²) in [6.07, 6.45) is 4.69. The van der Waals surface area contributed by atoms with Gasteiger partial charge in [-0.25, -0.2) is 0 Å². The van der Waals surface area contributed by atoms with Crippen LogP contribution in [0.15, 0.2) is 23.6 Å². The number of aromatic amines is 1. The molecule has 2 aliphatic rings. The maximum Gasteiger partial charge on any atom is 0.274 e. The Morgan fingerprint density at radius 2 is 1.75 bits per heavy atom. The topological polar surface area (TPSA) is 72.5 Å². The van der Waals surface area contributed by atoms with Gasteiger partial charge < -0.3 is 9.80 Å². The fourth-order valence-corrected chi connectivity index (χ4v) is 4.56. The van der Waals surface area contributed by atoms with Crippen LogP contribution in [0.25, 0.3) is 10.6 Å². The van der Waals surface area contributed by atoms with Crippen molar-refractivity contribution < 1.29 is 9.59 Å². The molecule has 7 nitrogen and oxygen atoms in total. The van der Waals surface area contributed by atoms with Crippen LogP contribution >= 0.6 is 11.3 Å². The minimum atomic E-state index is -0.0439. The number of hydrogen-bond donors (Lipinski definition) is 1. The molecule has 28 heavy (non-hydrogen) atoms. The van der Waals surface area contributed by atoms with Crippen molar-refractivity contribution in [3.05, 3.63) is 29.3 Å². The van der Waals surface area contributed by atoms with Gasteiger partial charge in [0, 0.05) is 39.3 Å². The lowest BCUT2D eigenvalue weighted by Gasteiger charge is -2.35. The number of aromatic nitrogens is 2. The average Bonchev–Trinajstić information content (AvgIpc) is 3.34. The van der Waals surface area contributed by atoms with Crippen LogP contribution in [0.4, 0.5) is 0 Å². The zero-order valence-corrected chi connectivity index (χ0v) is 16.9. The number of carbonyl (C=O) groups is 2. The highest BCUT2D eigenvalue weighted by molar-refractivity contribution is 7.13. The maximum atomic E-state index is 12.8. The summed E-state index contributed by atoms with van der Waals surface area (Å²) in [5.41, 5.74) is 1.33. The van der Waals surface area contributed by atoms with Gasteiger partial charge in [-0.05, 0) is 30.4 Å². The Kier molecular flexibility index (Phi) is 6.07.